The molecule has 0 aliphatic carbocycles. The third-order valence-corrected chi connectivity index (χ3v) is 5.02. The Hall–Kier alpha value is -1.70. The van der Waals surface area contributed by atoms with Gasteiger partial charge in [0.1, 0.15) is 5.76 Å². The maximum absolute atomic E-state index is 12.2. The van der Waals surface area contributed by atoms with Crippen molar-refractivity contribution in [2.45, 2.75) is 6.92 Å². The summed E-state index contributed by atoms with van der Waals surface area (Å²) < 4.78 is 12.9. The minimum atomic E-state index is -0.465. The number of cyclic esters (lactones) is 1. The molecule has 0 amide bonds. The molecule has 0 aromatic heterocycles. The summed E-state index contributed by atoms with van der Waals surface area (Å²) in [5.74, 6) is -0.108. The van der Waals surface area contributed by atoms with Crippen LogP contribution in [0, 0.1) is 0 Å². The fraction of sp³-hybridized carbons (Fsp3) is 0.0526. The van der Waals surface area contributed by atoms with E-state index in [1.54, 1.807) is 24.3 Å². The number of halogens is 3. The predicted molar refractivity (Wildman–Crippen MR) is 109 cm³/mol. The Kier molecular flexibility index (Phi) is 5.79. The molecule has 0 saturated heterocycles. The molecule has 1 heterocycles. The van der Waals surface area contributed by atoms with Gasteiger partial charge in [-0.3, -0.25) is 4.79 Å². The van der Waals surface area contributed by atoms with Crippen molar-refractivity contribution >= 4 is 71.6 Å². The Labute approximate surface area is 175 Å². The lowest BCUT2D eigenvalue weighted by Gasteiger charge is -2.09. The molecule has 3 rings (SSSR count). The monoisotopic (exact) mass is 540 g/mol. The van der Waals surface area contributed by atoms with E-state index in [4.69, 9.17) is 9.47 Å². The molecule has 7 heteroatoms. The van der Waals surface area contributed by atoms with Gasteiger partial charge in [0, 0.05) is 27.0 Å². The van der Waals surface area contributed by atoms with Gasteiger partial charge in [-0.15, -0.1) is 0 Å². The van der Waals surface area contributed by atoms with Crippen LogP contribution in [0.25, 0.3) is 11.8 Å². The van der Waals surface area contributed by atoms with Crippen LogP contribution in [-0.2, 0) is 14.3 Å². The van der Waals surface area contributed by atoms with E-state index in [1.165, 1.54) is 6.92 Å². The van der Waals surface area contributed by atoms with Crippen LogP contribution < -0.4 is 4.74 Å². The largest absolute Gasteiger partial charge is 0.425 e. The number of carbonyl (C=O) groups is 2. The van der Waals surface area contributed by atoms with Gasteiger partial charge in [0.2, 0.25) is 0 Å². The summed E-state index contributed by atoms with van der Waals surface area (Å²) in [6.07, 6.45) is 3.29. The summed E-state index contributed by atoms with van der Waals surface area (Å²) >= 11 is 10.1. The van der Waals surface area contributed by atoms with E-state index in [9.17, 15) is 9.59 Å². The zero-order chi connectivity index (χ0) is 18.8. The molecule has 1 aliphatic rings. The Morgan fingerprint density at radius 2 is 1.77 bits per heavy atom. The second-order valence-electron chi connectivity index (χ2n) is 5.40. The minimum absolute atomic E-state index is 0.339. The van der Waals surface area contributed by atoms with Crippen LogP contribution in [0.4, 0.5) is 0 Å². The quantitative estimate of drug-likeness (QED) is 0.276. The summed E-state index contributed by atoms with van der Waals surface area (Å²) in [6, 6.07) is 11.0. The predicted octanol–water partition coefficient (Wildman–Crippen LogP) is 5.88. The van der Waals surface area contributed by atoms with Gasteiger partial charge >= 0.3 is 11.9 Å². The lowest BCUT2D eigenvalue weighted by molar-refractivity contribution is -0.132. The molecular weight excluding hydrogens is 532 g/mol. The molecular formula is C19H11Br3O4. The summed E-state index contributed by atoms with van der Waals surface area (Å²) in [7, 11) is 0. The minimum Gasteiger partial charge on any atom is -0.425 e. The van der Waals surface area contributed by atoms with Gasteiger partial charge in [0.05, 0.1) is 10.0 Å². The van der Waals surface area contributed by atoms with Crippen LogP contribution in [0.5, 0.6) is 5.75 Å². The molecule has 2 aromatic carbocycles. The maximum atomic E-state index is 12.2. The molecule has 132 valence electrons. The van der Waals surface area contributed by atoms with E-state index in [1.807, 2.05) is 24.3 Å². The molecule has 0 N–H and O–H groups in total. The van der Waals surface area contributed by atoms with Gasteiger partial charge in [-0.25, -0.2) is 4.79 Å². The van der Waals surface area contributed by atoms with Gasteiger partial charge in [-0.1, -0.05) is 44.0 Å². The van der Waals surface area contributed by atoms with Crippen molar-refractivity contribution in [2.75, 3.05) is 0 Å². The summed E-state index contributed by atoms with van der Waals surface area (Å²) in [5.41, 5.74) is 1.73. The van der Waals surface area contributed by atoms with E-state index in [2.05, 4.69) is 47.8 Å². The Bertz CT molecular complexity index is 959. The number of hydrogen-bond acceptors (Lipinski definition) is 4. The van der Waals surface area contributed by atoms with Crippen molar-refractivity contribution in [2.24, 2.45) is 0 Å². The van der Waals surface area contributed by atoms with E-state index in [0.717, 1.165) is 14.5 Å². The smallest absolute Gasteiger partial charge is 0.343 e. The van der Waals surface area contributed by atoms with Crippen LogP contribution >= 0.6 is 47.8 Å². The SMILES string of the molecule is CC(=O)Oc1c(Br)cc(Br)cc1/C=C1\C=C(c2ccc(Br)cc2)OC1=O. The second kappa shape index (κ2) is 7.90. The van der Waals surface area contributed by atoms with Crippen LogP contribution in [0.3, 0.4) is 0 Å². The fourth-order valence-corrected chi connectivity index (χ4v) is 3.96. The van der Waals surface area contributed by atoms with Crippen molar-refractivity contribution in [3.8, 4) is 5.75 Å². The summed E-state index contributed by atoms with van der Waals surface area (Å²) in [4.78, 5) is 23.6. The number of rotatable bonds is 3. The first-order valence-corrected chi connectivity index (χ1v) is 9.80. The highest BCUT2D eigenvalue weighted by Gasteiger charge is 2.23. The molecule has 2 aromatic rings. The summed E-state index contributed by atoms with van der Waals surface area (Å²) in [6.45, 7) is 1.32. The van der Waals surface area contributed by atoms with Gasteiger partial charge in [0.15, 0.2) is 5.75 Å². The molecule has 0 saturated carbocycles. The Morgan fingerprint density at radius 3 is 2.42 bits per heavy atom. The van der Waals surface area contributed by atoms with Gasteiger partial charge in [0.25, 0.3) is 0 Å². The van der Waals surface area contributed by atoms with Crippen LogP contribution in [0.1, 0.15) is 18.1 Å². The molecule has 4 nitrogen and oxygen atoms in total. The lowest BCUT2D eigenvalue weighted by atomic mass is 10.1. The Morgan fingerprint density at radius 1 is 1.08 bits per heavy atom. The van der Waals surface area contributed by atoms with Crippen molar-refractivity contribution < 1.29 is 19.1 Å². The molecule has 0 bridgehead atoms. The van der Waals surface area contributed by atoms with Crippen molar-refractivity contribution in [1.82, 2.24) is 0 Å². The summed E-state index contributed by atoms with van der Waals surface area (Å²) in [5, 5.41) is 0. The third kappa shape index (κ3) is 4.34. The normalized spacial score (nSPS) is 15.0. The third-order valence-electron chi connectivity index (χ3n) is 3.45. The molecule has 0 fully saturated rings. The standard InChI is InChI=1S/C19H11Br3O4/c1-10(23)25-18-12(7-15(21)9-16(18)22)6-13-8-17(26-19(13)24)11-2-4-14(20)5-3-11/h2-9H,1H3/b13-6+. The van der Waals surface area contributed by atoms with Crippen molar-refractivity contribution in [1.29, 1.82) is 0 Å². The van der Waals surface area contributed by atoms with Gasteiger partial charge < -0.3 is 9.47 Å². The first-order valence-electron chi connectivity index (χ1n) is 7.42. The zero-order valence-electron chi connectivity index (χ0n) is 13.4. The highest BCUT2D eigenvalue weighted by Crippen LogP contribution is 2.36. The molecule has 0 unspecified atom stereocenters. The van der Waals surface area contributed by atoms with Crippen molar-refractivity contribution in [3.05, 3.63) is 72.6 Å². The van der Waals surface area contributed by atoms with E-state index >= 15 is 0 Å². The first kappa shape index (κ1) is 19.1. The number of hydrogen-bond donors (Lipinski definition) is 0. The number of esters is 2. The van der Waals surface area contributed by atoms with Gasteiger partial charge in [-0.05, 0) is 52.3 Å². The van der Waals surface area contributed by atoms with E-state index in [-0.39, 0.29) is 0 Å². The molecule has 0 atom stereocenters. The average molecular weight is 543 g/mol. The lowest BCUT2D eigenvalue weighted by Crippen LogP contribution is -2.04. The first-order chi connectivity index (χ1) is 12.3. The fourth-order valence-electron chi connectivity index (χ4n) is 2.35. The van der Waals surface area contributed by atoms with Crippen LogP contribution in [-0.4, -0.2) is 11.9 Å². The number of benzene rings is 2. The average Bonchev–Trinajstić information content (AvgIpc) is 2.92. The van der Waals surface area contributed by atoms with Crippen LogP contribution in [0.15, 0.2) is 61.5 Å². The van der Waals surface area contributed by atoms with E-state index in [0.29, 0.717) is 27.1 Å². The maximum Gasteiger partial charge on any atom is 0.343 e. The number of ether oxygens (including phenoxy) is 2. The van der Waals surface area contributed by atoms with E-state index < -0.39 is 11.9 Å². The molecule has 0 radical (unpaired) electrons. The molecule has 1 aliphatic heterocycles. The topological polar surface area (TPSA) is 52.6 Å². The van der Waals surface area contributed by atoms with Crippen molar-refractivity contribution in [3.63, 3.8) is 0 Å². The highest BCUT2D eigenvalue weighted by atomic mass is 79.9. The van der Waals surface area contributed by atoms with Crippen LogP contribution in [0.2, 0.25) is 0 Å². The second-order valence-corrected chi connectivity index (χ2v) is 8.09. The molecule has 26 heavy (non-hydrogen) atoms. The van der Waals surface area contributed by atoms with Gasteiger partial charge in [-0.2, -0.15) is 0 Å². The molecule has 0 spiro atoms. The zero-order valence-corrected chi connectivity index (χ0v) is 18.1. The highest BCUT2D eigenvalue weighted by molar-refractivity contribution is 9.11. The Balaban J connectivity index is 2.03. The number of carbonyl (C=O) groups excluding carboxylic acids is 2.